The van der Waals surface area contributed by atoms with Crippen LogP contribution >= 0.6 is 0 Å². The summed E-state index contributed by atoms with van der Waals surface area (Å²) >= 11 is 0. The molecule has 1 aliphatic rings. The average molecular weight is 446 g/mol. The summed E-state index contributed by atoms with van der Waals surface area (Å²) in [5, 5.41) is 15.1. The van der Waals surface area contributed by atoms with E-state index < -0.39 is 6.47 Å². The van der Waals surface area contributed by atoms with Gasteiger partial charge in [0, 0.05) is 24.7 Å². The highest BCUT2D eigenvalue weighted by Crippen LogP contribution is 2.26. The molecule has 0 radical (unpaired) electrons. The predicted molar refractivity (Wildman–Crippen MR) is 123 cm³/mol. The quantitative estimate of drug-likeness (QED) is 0.393. The van der Waals surface area contributed by atoms with E-state index in [1.165, 1.54) is 50.6 Å². The van der Waals surface area contributed by atoms with Crippen molar-refractivity contribution in [3.05, 3.63) is 41.7 Å². The smallest absolute Gasteiger partial charge is 0.290 e. The number of nitrogens with one attached hydrogen (secondary N) is 3. The molecule has 0 spiro atoms. The molecule has 32 heavy (non-hydrogen) atoms. The lowest BCUT2D eigenvalue weighted by Gasteiger charge is -2.01. The number of carboxylic acid groups (broad SMARTS) is 2. The van der Waals surface area contributed by atoms with Crippen molar-refractivity contribution in [3.63, 3.8) is 0 Å². The lowest BCUT2D eigenvalue weighted by molar-refractivity contribution is -0.450. The highest BCUT2D eigenvalue weighted by atomic mass is 16.5. The fourth-order valence-corrected chi connectivity index (χ4v) is 3.48. The third-order valence-corrected chi connectivity index (χ3v) is 5.00. The van der Waals surface area contributed by atoms with E-state index in [2.05, 4.69) is 45.3 Å². The van der Waals surface area contributed by atoms with Crippen molar-refractivity contribution in [2.75, 3.05) is 13.7 Å². The van der Waals surface area contributed by atoms with Gasteiger partial charge in [-0.3, -0.25) is 4.79 Å². The number of aromatic amines is 2. The molecule has 2 aromatic heterocycles. The van der Waals surface area contributed by atoms with Crippen LogP contribution in [-0.4, -0.2) is 47.9 Å². The maximum absolute atomic E-state index is 8.36. The molecule has 3 heterocycles. The Kier molecular flexibility index (Phi) is 14.5. The highest BCUT2D eigenvalue weighted by Gasteiger charge is 2.12. The first-order valence-corrected chi connectivity index (χ1v) is 11.0. The Balaban J connectivity index is 0.000000769. The van der Waals surface area contributed by atoms with Crippen molar-refractivity contribution in [1.82, 2.24) is 9.97 Å². The predicted octanol–water partition coefficient (Wildman–Crippen LogP) is 1.82. The molecule has 4 N–H and O–H groups in total. The molecule has 0 atom stereocenters. The number of carbonyl (C=O) groups excluding carboxylic acids is 1. The van der Waals surface area contributed by atoms with Gasteiger partial charge in [0.15, 0.2) is 12.0 Å². The molecular formula is C24H35N3O5. The Morgan fingerprint density at radius 2 is 1.66 bits per heavy atom. The minimum absolute atomic E-state index is 0.250. The number of aryl methyl sites for hydroxylation is 1. The fourth-order valence-electron chi connectivity index (χ4n) is 3.48. The van der Waals surface area contributed by atoms with Gasteiger partial charge in [-0.1, -0.05) is 37.8 Å². The molecule has 176 valence electrons. The molecule has 0 unspecified atom stereocenters. The molecule has 0 saturated heterocycles. The Hall–Kier alpha value is -3.29. The first kappa shape index (κ1) is 26.7. The number of fused-ring (bicyclic) bond motifs is 5. The summed E-state index contributed by atoms with van der Waals surface area (Å²) in [7, 11) is 1.72. The number of rotatable bonds is 1. The van der Waals surface area contributed by atoms with Gasteiger partial charge in [-0.15, -0.1) is 0 Å². The van der Waals surface area contributed by atoms with E-state index in [-0.39, 0.29) is 6.47 Å². The second-order valence-corrected chi connectivity index (χ2v) is 7.28. The molecule has 0 aliphatic carbocycles. The number of ether oxygens (including phenoxy) is 1. The van der Waals surface area contributed by atoms with Gasteiger partial charge in [0.1, 0.15) is 12.2 Å². The van der Waals surface area contributed by atoms with Gasteiger partial charge >= 0.3 is 0 Å². The second-order valence-electron chi connectivity index (χ2n) is 7.28. The minimum atomic E-state index is -0.500. The van der Waals surface area contributed by atoms with Gasteiger partial charge in [-0.2, -0.15) is 0 Å². The van der Waals surface area contributed by atoms with Crippen molar-refractivity contribution in [2.24, 2.45) is 0 Å². The van der Waals surface area contributed by atoms with Gasteiger partial charge in [0.25, 0.3) is 6.47 Å². The van der Waals surface area contributed by atoms with Gasteiger partial charge in [0.05, 0.1) is 18.5 Å². The van der Waals surface area contributed by atoms with Gasteiger partial charge in [-0.05, 0) is 37.8 Å². The van der Waals surface area contributed by atoms with Crippen molar-refractivity contribution >= 4 is 19.2 Å². The van der Waals surface area contributed by atoms with E-state index in [1.54, 1.807) is 7.11 Å². The number of allylic oxidation sites excluding steroid dienone is 1. The summed E-state index contributed by atoms with van der Waals surface area (Å²) in [5.41, 5.74) is 4.49. The Bertz CT molecular complexity index is 817. The third-order valence-electron chi connectivity index (χ3n) is 5.00. The van der Waals surface area contributed by atoms with E-state index in [4.69, 9.17) is 24.5 Å². The number of aromatic nitrogens is 2. The molecule has 0 aromatic carbocycles. The minimum Gasteiger partial charge on any atom is -0.554 e. The van der Waals surface area contributed by atoms with E-state index in [0.29, 0.717) is 0 Å². The Morgan fingerprint density at radius 3 is 2.38 bits per heavy atom. The number of methoxy groups -OCH3 is 1. The molecule has 4 bridgehead atoms. The summed E-state index contributed by atoms with van der Waals surface area (Å²) in [5.74, 6) is 0.866. The van der Waals surface area contributed by atoms with Crippen LogP contribution in [0.3, 0.4) is 0 Å². The van der Waals surface area contributed by atoms with Gasteiger partial charge < -0.3 is 29.7 Å². The topological polar surface area (TPSA) is 132 Å². The molecule has 1 aliphatic heterocycles. The van der Waals surface area contributed by atoms with Crippen LogP contribution in [0.5, 0.6) is 5.75 Å². The zero-order valence-corrected chi connectivity index (χ0v) is 18.8. The summed E-state index contributed by atoms with van der Waals surface area (Å²) in [6.07, 6.45) is 18.0. The molecule has 0 saturated carbocycles. The van der Waals surface area contributed by atoms with Crippen LogP contribution < -0.4 is 14.8 Å². The summed E-state index contributed by atoms with van der Waals surface area (Å²) in [6.45, 7) is 0.181. The summed E-state index contributed by atoms with van der Waals surface area (Å²) < 4.78 is 5.52. The van der Waals surface area contributed by atoms with E-state index >= 15 is 0 Å². The summed E-state index contributed by atoms with van der Waals surface area (Å²) in [6, 6.07) is 6.43. The first-order valence-electron chi connectivity index (χ1n) is 11.0. The van der Waals surface area contributed by atoms with Crippen molar-refractivity contribution in [3.8, 4) is 17.1 Å². The molecule has 8 heteroatoms. The molecule has 3 rings (SSSR count). The molecule has 8 nitrogen and oxygen atoms in total. The molecular weight excluding hydrogens is 410 g/mol. The van der Waals surface area contributed by atoms with Crippen LogP contribution in [0, 0.1) is 0 Å². The SMILES string of the molecule is COc1cc2[nH]c1C=[NH+]CC/C=C\CCCCCCCCc1ccc-2[nH]1.O=CO.O=C[O-]. The van der Waals surface area contributed by atoms with Crippen LogP contribution in [0.15, 0.2) is 30.4 Å². The zero-order chi connectivity index (χ0) is 23.4. The van der Waals surface area contributed by atoms with E-state index in [9.17, 15) is 0 Å². The highest BCUT2D eigenvalue weighted by molar-refractivity contribution is 5.80. The van der Waals surface area contributed by atoms with Crippen LogP contribution in [0.2, 0.25) is 0 Å². The molecule has 0 amide bonds. The van der Waals surface area contributed by atoms with Gasteiger partial charge in [0.2, 0.25) is 0 Å². The number of hydrogen-bond donors (Lipinski definition) is 4. The third kappa shape index (κ3) is 10.7. The second kappa shape index (κ2) is 17.4. The van der Waals surface area contributed by atoms with Crippen LogP contribution in [0.4, 0.5) is 0 Å². The number of hydrogen-bond acceptors (Lipinski definition) is 4. The standard InChI is InChI=1S/C22H31N3O.2CH2O2/c1-26-22-16-20-19-14-13-18(24-19)12-10-8-6-4-2-3-5-7-9-11-15-23-17-21(22)25-20;2*2-1-3/h7,9,13-14,16-17,24-25H,2-6,8,10-12,15H2,1H3;2*1H,(H,2,3)/b9-7-,23-17?;;. The summed E-state index contributed by atoms with van der Waals surface area (Å²) in [4.78, 5) is 27.0. The van der Waals surface area contributed by atoms with E-state index in [0.717, 1.165) is 42.2 Å². The molecule has 2 aromatic rings. The molecule has 0 fully saturated rings. The van der Waals surface area contributed by atoms with Crippen molar-refractivity contribution in [1.29, 1.82) is 0 Å². The van der Waals surface area contributed by atoms with Crippen molar-refractivity contribution in [2.45, 2.75) is 57.8 Å². The van der Waals surface area contributed by atoms with Crippen LogP contribution in [-0.2, 0) is 16.0 Å². The average Bonchev–Trinajstić information content (AvgIpc) is 3.41. The normalized spacial score (nSPS) is 15.7. The fraction of sp³-hybridized carbons (Fsp3) is 0.458. The lowest BCUT2D eigenvalue weighted by atomic mass is 10.1. The Labute approximate surface area is 189 Å². The maximum Gasteiger partial charge on any atom is 0.290 e. The Morgan fingerprint density at radius 1 is 1.00 bits per heavy atom. The maximum atomic E-state index is 8.36. The number of H-pyrrole nitrogens is 2. The first-order chi connectivity index (χ1) is 15.7. The largest absolute Gasteiger partial charge is 0.554 e. The van der Waals surface area contributed by atoms with Crippen LogP contribution in [0.25, 0.3) is 11.4 Å². The van der Waals surface area contributed by atoms with Crippen molar-refractivity contribution < 1.29 is 29.5 Å². The van der Waals surface area contributed by atoms with Crippen LogP contribution in [0.1, 0.15) is 62.8 Å². The van der Waals surface area contributed by atoms with Gasteiger partial charge in [-0.25, -0.2) is 4.99 Å². The van der Waals surface area contributed by atoms with E-state index in [1.807, 2.05) is 6.21 Å². The zero-order valence-electron chi connectivity index (χ0n) is 18.8. The lowest BCUT2D eigenvalue weighted by Crippen LogP contribution is -2.69. The monoisotopic (exact) mass is 445 g/mol. The number of carbonyl (C=O) groups is 2.